The first-order valence-electron chi connectivity index (χ1n) is 8.14. The van der Waals surface area contributed by atoms with Crippen LogP contribution in [0.15, 0.2) is 24.3 Å². The van der Waals surface area contributed by atoms with Gasteiger partial charge in [0.2, 0.25) is 0 Å². The van der Waals surface area contributed by atoms with E-state index in [0.717, 1.165) is 35.7 Å². The highest BCUT2D eigenvalue weighted by molar-refractivity contribution is 5.73. The lowest BCUT2D eigenvalue weighted by Crippen LogP contribution is -2.37. The van der Waals surface area contributed by atoms with Crippen molar-refractivity contribution in [2.45, 2.75) is 6.92 Å². The molecule has 1 aromatic carbocycles. The molecule has 0 bridgehead atoms. The van der Waals surface area contributed by atoms with Crippen LogP contribution in [-0.2, 0) is 4.74 Å². The van der Waals surface area contributed by atoms with Gasteiger partial charge in [-0.25, -0.2) is 4.98 Å². The van der Waals surface area contributed by atoms with Gasteiger partial charge in [0, 0.05) is 24.3 Å². The molecule has 2 aromatic rings. The predicted molar refractivity (Wildman–Crippen MR) is 95.3 cm³/mol. The molecule has 1 aliphatic heterocycles. The molecule has 0 atom stereocenters. The molecule has 1 saturated heterocycles. The molecule has 6 heteroatoms. The summed E-state index contributed by atoms with van der Waals surface area (Å²) in [6, 6.07) is 9.88. The first-order chi connectivity index (χ1) is 12.2. The van der Waals surface area contributed by atoms with Gasteiger partial charge < -0.3 is 19.1 Å². The van der Waals surface area contributed by atoms with Crippen LogP contribution in [-0.4, -0.2) is 45.5 Å². The third-order valence-electron chi connectivity index (χ3n) is 4.32. The highest BCUT2D eigenvalue weighted by Gasteiger charge is 2.19. The average molecular weight is 339 g/mol. The quantitative estimate of drug-likeness (QED) is 0.853. The van der Waals surface area contributed by atoms with E-state index in [1.54, 1.807) is 14.2 Å². The Hall–Kier alpha value is -2.78. The van der Waals surface area contributed by atoms with Gasteiger partial charge in [0.25, 0.3) is 0 Å². The number of rotatable bonds is 4. The molecule has 1 aromatic heterocycles. The molecule has 0 radical (unpaired) electrons. The summed E-state index contributed by atoms with van der Waals surface area (Å²) in [6.07, 6.45) is 0. The van der Waals surface area contributed by atoms with Crippen molar-refractivity contribution >= 4 is 5.82 Å². The zero-order valence-electron chi connectivity index (χ0n) is 14.7. The fourth-order valence-electron chi connectivity index (χ4n) is 2.99. The first-order valence-corrected chi connectivity index (χ1v) is 8.14. The number of nitriles is 1. The Bertz CT molecular complexity index is 808. The minimum Gasteiger partial charge on any atom is -0.493 e. The topological polar surface area (TPSA) is 67.6 Å². The van der Waals surface area contributed by atoms with Crippen molar-refractivity contribution in [2.24, 2.45) is 0 Å². The van der Waals surface area contributed by atoms with Crippen molar-refractivity contribution in [1.29, 1.82) is 5.26 Å². The van der Waals surface area contributed by atoms with E-state index in [0.29, 0.717) is 30.3 Å². The second-order valence-corrected chi connectivity index (χ2v) is 5.77. The average Bonchev–Trinajstić information content (AvgIpc) is 2.67. The minimum absolute atomic E-state index is 0.567. The Morgan fingerprint density at radius 1 is 1.12 bits per heavy atom. The second-order valence-electron chi connectivity index (χ2n) is 5.77. The maximum atomic E-state index is 9.60. The molecule has 0 N–H and O–H groups in total. The number of hydrogen-bond donors (Lipinski definition) is 0. The van der Waals surface area contributed by atoms with Crippen molar-refractivity contribution in [3.8, 4) is 28.7 Å². The fourth-order valence-corrected chi connectivity index (χ4v) is 2.99. The second kappa shape index (κ2) is 7.41. The molecule has 0 unspecified atom stereocenters. The number of benzene rings is 1. The Morgan fingerprint density at radius 2 is 1.84 bits per heavy atom. The maximum Gasteiger partial charge on any atom is 0.161 e. The number of anilines is 1. The maximum absolute atomic E-state index is 9.60. The Kier molecular flexibility index (Phi) is 5.05. The van der Waals surface area contributed by atoms with Crippen molar-refractivity contribution in [2.75, 3.05) is 45.4 Å². The summed E-state index contributed by atoms with van der Waals surface area (Å²) >= 11 is 0. The van der Waals surface area contributed by atoms with Gasteiger partial charge in [0.05, 0.1) is 33.0 Å². The molecule has 0 saturated carbocycles. The zero-order chi connectivity index (χ0) is 17.8. The van der Waals surface area contributed by atoms with Crippen LogP contribution in [0.4, 0.5) is 5.82 Å². The smallest absolute Gasteiger partial charge is 0.161 e. The van der Waals surface area contributed by atoms with Crippen LogP contribution in [0.25, 0.3) is 11.1 Å². The van der Waals surface area contributed by atoms with Gasteiger partial charge in [-0.05, 0) is 30.7 Å². The minimum atomic E-state index is 0.567. The van der Waals surface area contributed by atoms with Crippen LogP contribution in [0.3, 0.4) is 0 Å². The molecule has 1 fully saturated rings. The highest BCUT2D eigenvalue weighted by Crippen LogP contribution is 2.35. The molecule has 6 nitrogen and oxygen atoms in total. The van der Waals surface area contributed by atoms with E-state index in [1.165, 1.54) is 0 Å². The summed E-state index contributed by atoms with van der Waals surface area (Å²) < 4.78 is 16.1. The van der Waals surface area contributed by atoms with E-state index in [-0.39, 0.29) is 0 Å². The molecule has 0 spiro atoms. The van der Waals surface area contributed by atoms with E-state index in [4.69, 9.17) is 19.2 Å². The number of nitrogens with zero attached hydrogens (tertiary/aromatic N) is 3. The van der Waals surface area contributed by atoms with Crippen LogP contribution in [0.2, 0.25) is 0 Å². The summed E-state index contributed by atoms with van der Waals surface area (Å²) in [7, 11) is 3.21. The zero-order valence-corrected chi connectivity index (χ0v) is 14.7. The number of pyridine rings is 1. The first kappa shape index (κ1) is 17.1. The van der Waals surface area contributed by atoms with Gasteiger partial charge in [-0.2, -0.15) is 5.26 Å². The molecular formula is C19H21N3O3. The Morgan fingerprint density at radius 3 is 2.48 bits per heavy atom. The lowest BCUT2D eigenvalue weighted by atomic mass is 10.0. The normalized spacial score (nSPS) is 14.1. The van der Waals surface area contributed by atoms with E-state index < -0.39 is 0 Å². The standard InChI is InChI=1S/C19H21N3O3/c1-13-16(14-4-5-17(23-2)18(11-14)24-3)10-15(12-20)19(21-13)22-6-8-25-9-7-22/h4-5,10-11H,6-9H2,1-3H3. The van der Waals surface area contributed by atoms with Crippen molar-refractivity contribution in [3.05, 3.63) is 35.5 Å². The van der Waals surface area contributed by atoms with Crippen molar-refractivity contribution < 1.29 is 14.2 Å². The van der Waals surface area contributed by atoms with Gasteiger partial charge in [-0.1, -0.05) is 6.07 Å². The Balaban J connectivity index is 2.04. The van der Waals surface area contributed by atoms with E-state index in [2.05, 4.69) is 11.0 Å². The lowest BCUT2D eigenvalue weighted by molar-refractivity contribution is 0.122. The number of aromatic nitrogens is 1. The number of morpholine rings is 1. The van der Waals surface area contributed by atoms with Crippen LogP contribution < -0.4 is 14.4 Å². The predicted octanol–water partition coefficient (Wildman–Crippen LogP) is 2.78. The molecule has 2 heterocycles. The molecule has 25 heavy (non-hydrogen) atoms. The number of ether oxygens (including phenoxy) is 3. The summed E-state index contributed by atoms with van der Waals surface area (Å²) in [5, 5.41) is 9.60. The van der Waals surface area contributed by atoms with E-state index in [1.807, 2.05) is 31.2 Å². The molecule has 3 rings (SSSR count). The van der Waals surface area contributed by atoms with Crippen LogP contribution in [0.5, 0.6) is 11.5 Å². The summed E-state index contributed by atoms with van der Waals surface area (Å²) in [5.41, 5.74) is 3.28. The molecule has 1 aliphatic rings. The molecule has 0 aliphatic carbocycles. The summed E-state index contributed by atoms with van der Waals surface area (Å²) in [4.78, 5) is 6.82. The summed E-state index contributed by atoms with van der Waals surface area (Å²) in [6.45, 7) is 4.76. The molecular weight excluding hydrogens is 318 g/mol. The van der Waals surface area contributed by atoms with Crippen molar-refractivity contribution in [1.82, 2.24) is 4.98 Å². The van der Waals surface area contributed by atoms with Gasteiger partial charge in [0.1, 0.15) is 11.9 Å². The Labute approximate surface area is 147 Å². The van der Waals surface area contributed by atoms with Gasteiger partial charge in [-0.3, -0.25) is 0 Å². The summed E-state index contributed by atoms with van der Waals surface area (Å²) in [5.74, 6) is 2.05. The largest absolute Gasteiger partial charge is 0.493 e. The van der Waals surface area contributed by atoms with Gasteiger partial charge >= 0.3 is 0 Å². The number of methoxy groups -OCH3 is 2. The van der Waals surface area contributed by atoms with Crippen LogP contribution in [0.1, 0.15) is 11.3 Å². The third-order valence-corrected chi connectivity index (χ3v) is 4.32. The third kappa shape index (κ3) is 3.37. The SMILES string of the molecule is COc1ccc(-c2cc(C#N)c(N3CCOCC3)nc2C)cc1OC. The van der Waals surface area contributed by atoms with E-state index in [9.17, 15) is 5.26 Å². The van der Waals surface area contributed by atoms with Crippen molar-refractivity contribution in [3.63, 3.8) is 0 Å². The molecule has 0 amide bonds. The van der Waals surface area contributed by atoms with Crippen LogP contribution in [0, 0.1) is 18.3 Å². The lowest BCUT2D eigenvalue weighted by Gasteiger charge is -2.29. The van der Waals surface area contributed by atoms with E-state index >= 15 is 0 Å². The van der Waals surface area contributed by atoms with Gasteiger partial charge in [0.15, 0.2) is 11.5 Å². The monoisotopic (exact) mass is 339 g/mol. The number of hydrogen-bond acceptors (Lipinski definition) is 6. The van der Waals surface area contributed by atoms with Gasteiger partial charge in [-0.15, -0.1) is 0 Å². The fraction of sp³-hybridized carbons (Fsp3) is 0.368. The van der Waals surface area contributed by atoms with Crippen LogP contribution >= 0.6 is 0 Å². The highest BCUT2D eigenvalue weighted by atomic mass is 16.5. The number of aryl methyl sites for hydroxylation is 1. The molecule has 130 valence electrons.